The first-order valence-electron chi connectivity index (χ1n) is 9.82. The summed E-state index contributed by atoms with van der Waals surface area (Å²) < 4.78 is 13.0. The molecule has 2 aromatic carbocycles. The summed E-state index contributed by atoms with van der Waals surface area (Å²) in [6.45, 7) is 5.43. The second-order valence-corrected chi connectivity index (χ2v) is 7.34. The Morgan fingerprint density at radius 3 is 2.60 bits per heavy atom. The molecule has 0 unspecified atom stereocenters. The smallest absolute Gasteiger partial charge is 0.251 e. The lowest BCUT2D eigenvalue weighted by Crippen LogP contribution is -2.25. The number of rotatable bonds is 9. The predicted molar refractivity (Wildman–Crippen MR) is 117 cm³/mol. The summed E-state index contributed by atoms with van der Waals surface area (Å²) >= 11 is 6.17. The average Bonchev–Trinajstić information content (AvgIpc) is 3.02. The number of hydrogen-bond acceptors (Lipinski definition) is 4. The molecule has 0 bridgehead atoms. The Bertz CT molecular complexity index is 1020. The number of carbonyl (C=O) groups excluding carboxylic acids is 1. The van der Waals surface area contributed by atoms with Gasteiger partial charge in [0.1, 0.15) is 6.61 Å². The highest BCUT2D eigenvalue weighted by Gasteiger charge is 2.10. The molecule has 1 N–H and O–H groups in total. The monoisotopic (exact) mass is 427 g/mol. The zero-order valence-electron chi connectivity index (χ0n) is 17.4. The summed E-state index contributed by atoms with van der Waals surface area (Å²) in [5.74, 6) is 1.23. The van der Waals surface area contributed by atoms with E-state index in [1.807, 2.05) is 61.0 Å². The van der Waals surface area contributed by atoms with Crippen LogP contribution < -0.4 is 14.8 Å². The van der Waals surface area contributed by atoms with Crippen LogP contribution in [-0.4, -0.2) is 29.3 Å². The van der Waals surface area contributed by atoms with E-state index in [0.717, 1.165) is 23.4 Å². The third-order valence-electron chi connectivity index (χ3n) is 4.78. The van der Waals surface area contributed by atoms with E-state index < -0.39 is 0 Å². The first-order chi connectivity index (χ1) is 14.5. The third kappa shape index (κ3) is 5.33. The number of aryl methyl sites for hydroxylation is 2. The maximum Gasteiger partial charge on any atom is 0.251 e. The molecule has 0 spiro atoms. The van der Waals surface area contributed by atoms with Gasteiger partial charge in [0, 0.05) is 18.7 Å². The number of amides is 1. The Morgan fingerprint density at radius 2 is 1.90 bits per heavy atom. The molecule has 0 radical (unpaired) electrons. The van der Waals surface area contributed by atoms with Gasteiger partial charge < -0.3 is 14.8 Å². The lowest BCUT2D eigenvalue weighted by Gasteiger charge is -2.11. The number of methoxy groups -OCH3 is 1. The molecule has 7 heteroatoms. The fourth-order valence-electron chi connectivity index (χ4n) is 3.13. The van der Waals surface area contributed by atoms with Crippen LogP contribution >= 0.6 is 11.6 Å². The summed E-state index contributed by atoms with van der Waals surface area (Å²) in [5.41, 5.74) is 3.28. The van der Waals surface area contributed by atoms with E-state index in [9.17, 15) is 4.79 Å². The molecule has 0 aliphatic heterocycles. The number of aromatic nitrogens is 2. The van der Waals surface area contributed by atoms with Crippen LogP contribution in [0.4, 0.5) is 0 Å². The molecule has 1 amide bonds. The fourth-order valence-corrected chi connectivity index (χ4v) is 3.26. The molecule has 0 saturated carbocycles. The van der Waals surface area contributed by atoms with Gasteiger partial charge in [-0.3, -0.25) is 9.48 Å². The third-order valence-corrected chi connectivity index (χ3v) is 5.33. The molecule has 3 rings (SSSR count). The summed E-state index contributed by atoms with van der Waals surface area (Å²) in [7, 11) is 1.61. The summed E-state index contributed by atoms with van der Waals surface area (Å²) in [6, 6.07) is 14.9. The summed E-state index contributed by atoms with van der Waals surface area (Å²) in [4.78, 5) is 12.5. The van der Waals surface area contributed by atoms with Crippen LogP contribution in [0.25, 0.3) is 0 Å². The van der Waals surface area contributed by atoms with Crippen molar-refractivity contribution >= 4 is 17.5 Å². The SMILES string of the molecule is COc1ccccc1OCc1cccc(C(=O)NCCCn2nc(C)c(Cl)c2C)c1. The van der Waals surface area contributed by atoms with Crippen molar-refractivity contribution in [2.24, 2.45) is 0 Å². The molecule has 1 heterocycles. The van der Waals surface area contributed by atoms with E-state index in [1.54, 1.807) is 13.2 Å². The van der Waals surface area contributed by atoms with Crippen LogP contribution in [0.15, 0.2) is 48.5 Å². The van der Waals surface area contributed by atoms with Crippen LogP contribution in [0.3, 0.4) is 0 Å². The van der Waals surface area contributed by atoms with Gasteiger partial charge in [-0.05, 0) is 50.1 Å². The summed E-state index contributed by atoms with van der Waals surface area (Å²) in [6.07, 6.45) is 0.765. The number of para-hydroxylation sites is 2. The molecule has 30 heavy (non-hydrogen) atoms. The Balaban J connectivity index is 1.51. The van der Waals surface area contributed by atoms with Crippen LogP contribution in [0.2, 0.25) is 5.02 Å². The van der Waals surface area contributed by atoms with E-state index in [1.165, 1.54) is 0 Å². The van der Waals surface area contributed by atoms with Gasteiger partial charge >= 0.3 is 0 Å². The topological polar surface area (TPSA) is 65.4 Å². The van der Waals surface area contributed by atoms with Crippen molar-refractivity contribution in [3.63, 3.8) is 0 Å². The summed E-state index contributed by atoms with van der Waals surface area (Å²) in [5, 5.41) is 8.06. The molecule has 158 valence electrons. The van der Waals surface area contributed by atoms with Crippen molar-refractivity contribution in [2.75, 3.05) is 13.7 Å². The highest BCUT2D eigenvalue weighted by atomic mass is 35.5. The van der Waals surface area contributed by atoms with Crippen molar-refractivity contribution < 1.29 is 14.3 Å². The fraction of sp³-hybridized carbons (Fsp3) is 0.304. The standard InChI is InChI=1S/C23H26ClN3O3/c1-16-22(24)17(2)27(26-16)13-7-12-25-23(28)19-9-6-8-18(14-19)15-30-21-11-5-4-10-20(21)29-3/h4-6,8-11,14H,7,12-13,15H2,1-3H3,(H,25,28). The van der Waals surface area contributed by atoms with Gasteiger partial charge in [-0.15, -0.1) is 0 Å². The Hall–Kier alpha value is -2.99. The zero-order chi connectivity index (χ0) is 21.5. The number of nitrogens with zero attached hydrogens (tertiary/aromatic N) is 2. The second-order valence-electron chi connectivity index (χ2n) is 6.96. The molecule has 0 fully saturated rings. The lowest BCUT2D eigenvalue weighted by atomic mass is 10.1. The molecular formula is C23H26ClN3O3. The minimum atomic E-state index is -0.111. The van der Waals surface area contributed by atoms with E-state index in [2.05, 4.69) is 10.4 Å². The van der Waals surface area contributed by atoms with Crippen molar-refractivity contribution in [1.82, 2.24) is 15.1 Å². The molecule has 0 saturated heterocycles. The maximum absolute atomic E-state index is 12.5. The number of hydrogen-bond donors (Lipinski definition) is 1. The number of nitrogens with one attached hydrogen (secondary N) is 1. The normalized spacial score (nSPS) is 10.7. The van der Waals surface area contributed by atoms with Gasteiger partial charge in [-0.1, -0.05) is 35.9 Å². The van der Waals surface area contributed by atoms with Crippen LogP contribution in [0.1, 0.15) is 33.7 Å². The first kappa shape index (κ1) is 21.7. The predicted octanol–water partition coefficient (Wildman–Crippen LogP) is 4.56. The van der Waals surface area contributed by atoms with Crippen LogP contribution in [-0.2, 0) is 13.2 Å². The van der Waals surface area contributed by atoms with Crippen molar-refractivity contribution in [2.45, 2.75) is 33.4 Å². The van der Waals surface area contributed by atoms with E-state index >= 15 is 0 Å². The van der Waals surface area contributed by atoms with E-state index in [0.29, 0.717) is 41.8 Å². The number of carbonyl (C=O) groups is 1. The van der Waals surface area contributed by atoms with Crippen molar-refractivity contribution in [3.05, 3.63) is 76.1 Å². The quantitative estimate of drug-likeness (QED) is 0.508. The molecular weight excluding hydrogens is 402 g/mol. The average molecular weight is 428 g/mol. The molecule has 0 aliphatic carbocycles. The highest BCUT2D eigenvalue weighted by Crippen LogP contribution is 2.26. The molecule has 0 atom stereocenters. The molecule has 0 aliphatic rings. The van der Waals surface area contributed by atoms with Gasteiger partial charge in [0.2, 0.25) is 0 Å². The van der Waals surface area contributed by atoms with Gasteiger partial charge in [0.05, 0.1) is 23.5 Å². The maximum atomic E-state index is 12.5. The molecule has 6 nitrogen and oxygen atoms in total. The van der Waals surface area contributed by atoms with Gasteiger partial charge in [-0.25, -0.2) is 0 Å². The van der Waals surface area contributed by atoms with Gasteiger partial charge in [-0.2, -0.15) is 5.10 Å². The van der Waals surface area contributed by atoms with Crippen LogP contribution in [0.5, 0.6) is 11.5 Å². The van der Waals surface area contributed by atoms with E-state index in [4.69, 9.17) is 21.1 Å². The van der Waals surface area contributed by atoms with E-state index in [-0.39, 0.29) is 5.91 Å². The number of ether oxygens (including phenoxy) is 2. The first-order valence-corrected chi connectivity index (χ1v) is 10.2. The Labute approximate surface area is 181 Å². The Kier molecular flexibility index (Phi) is 7.36. The lowest BCUT2D eigenvalue weighted by molar-refractivity contribution is 0.0952. The molecule has 3 aromatic rings. The highest BCUT2D eigenvalue weighted by molar-refractivity contribution is 6.31. The number of halogens is 1. The van der Waals surface area contributed by atoms with Crippen molar-refractivity contribution in [1.29, 1.82) is 0 Å². The largest absolute Gasteiger partial charge is 0.493 e. The minimum absolute atomic E-state index is 0.111. The van der Waals surface area contributed by atoms with Crippen LogP contribution in [0, 0.1) is 13.8 Å². The molecule has 1 aromatic heterocycles. The van der Waals surface area contributed by atoms with Gasteiger partial charge in [0.15, 0.2) is 11.5 Å². The van der Waals surface area contributed by atoms with Gasteiger partial charge in [0.25, 0.3) is 5.91 Å². The number of benzene rings is 2. The van der Waals surface area contributed by atoms with Crippen molar-refractivity contribution in [3.8, 4) is 11.5 Å². The zero-order valence-corrected chi connectivity index (χ0v) is 18.2. The second kappa shape index (κ2) is 10.2. The Morgan fingerprint density at radius 1 is 1.13 bits per heavy atom. The minimum Gasteiger partial charge on any atom is -0.493 e.